The maximum absolute atomic E-state index is 10.2. The Morgan fingerprint density at radius 2 is 1.86 bits per heavy atom. The summed E-state index contributed by atoms with van der Waals surface area (Å²) in [5, 5.41) is 14.9. The van der Waals surface area contributed by atoms with Crippen LogP contribution in [0.4, 0.5) is 0 Å². The van der Waals surface area contributed by atoms with Gasteiger partial charge in [-0.05, 0) is 36.2 Å². The highest BCUT2D eigenvalue weighted by molar-refractivity contribution is 6.30. The van der Waals surface area contributed by atoms with Crippen molar-refractivity contribution in [2.24, 2.45) is 0 Å². The van der Waals surface area contributed by atoms with E-state index in [0.29, 0.717) is 43.0 Å². The van der Waals surface area contributed by atoms with E-state index in [2.05, 4.69) is 27.2 Å². The van der Waals surface area contributed by atoms with Crippen LogP contribution in [0.1, 0.15) is 17.9 Å². The molecule has 1 N–H and O–H groups in total. The van der Waals surface area contributed by atoms with Gasteiger partial charge in [0.25, 0.3) is 0 Å². The maximum Gasteiger partial charge on any atom is 0.241 e. The fourth-order valence-electron chi connectivity index (χ4n) is 3.46. The summed E-state index contributed by atoms with van der Waals surface area (Å²) in [6, 6.07) is 17.5. The summed E-state index contributed by atoms with van der Waals surface area (Å²) < 4.78 is 11.1. The predicted octanol–water partition coefficient (Wildman–Crippen LogP) is 3.54. The van der Waals surface area contributed by atoms with E-state index < -0.39 is 5.54 Å². The average Bonchev–Trinajstić information content (AvgIpc) is 3.39. The molecule has 6 nitrogen and oxygen atoms in total. The number of hydrogen-bond donors (Lipinski definition) is 1. The third-order valence-corrected chi connectivity index (χ3v) is 5.41. The molecule has 0 aliphatic carbocycles. The number of hydrogen-bond acceptors (Lipinski definition) is 6. The Balaban J connectivity index is 1.58. The summed E-state index contributed by atoms with van der Waals surface area (Å²) in [7, 11) is 0. The van der Waals surface area contributed by atoms with Gasteiger partial charge in [-0.1, -0.05) is 47.1 Å². The molecule has 0 radical (unpaired) electrons. The van der Waals surface area contributed by atoms with Crippen molar-refractivity contribution in [1.82, 2.24) is 15.0 Å². The van der Waals surface area contributed by atoms with Gasteiger partial charge in [0.05, 0.1) is 25.3 Å². The lowest BCUT2D eigenvalue weighted by atomic mass is 9.96. The Kier molecular flexibility index (Phi) is 5.73. The predicted molar refractivity (Wildman–Crippen MR) is 106 cm³/mol. The highest BCUT2D eigenvalue weighted by Crippen LogP contribution is 2.29. The smallest absolute Gasteiger partial charge is 0.241 e. The highest BCUT2D eigenvalue weighted by atomic mass is 35.5. The fourth-order valence-corrected chi connectivity index (χ4v) is 3.59. The molecular formula is C21H22ClN3O3. The molecule has 1 saturated heterocycles. The topological polar surface area (TPSA) is 71.6 Å². The third kappa shape index (κ3) is 4.10. The SMILES string of the molecule is OC[C@@]1(N(Cc2ccccc2)Cc2nc(-c3ccc(Cl)cc3)no2)CCOC1. The molecule has 1 aliphatic heterocycles. The van der Waals surface area contributed by atoms with Gasteiger partial charge in [-0.15, -0.1) is 0 Å². The van der Waals surface area contributed by atoms with Gasteiger partial charge in [-0.25, -0.2) is 0 Å². The monoisotopic (exact) mass is 399 g/mol. The van der Waals surface area contributed by atoms with E-state index in [1.165, 1.54) is 0 Å². The van der Waals surface area contributed by atoms with Crippen molar-refractivity contribution in [1.29, 1.82) is 0 Å². The molecule has 1 aromatic heterocycles. The first kappa shape index (κ1) is 19.1. The van der Waals surface area contributed by atoms with Crippen LogP contribution in [0.5, 0.6) is 0 Å². The summed E-state index contributed by atoms with van der Waals surface area (Å²) in [5.74, 6) is 1.02. The minimum atomic E-state index is -0.454. The molecule has 1 atom stereocenters. The van der Waals surface area contributed by atoms with Crippen molar-refractivity contribution in [3.63, 3.8) is 0 Å². The van der Waals surface area contributed by atoms with Crippen molar-refractivity contribution < 1.29 is 14.4 Å². The molecule has 1 aliphatic rings. The molecule has 0 saturated carbocycles. The molecule has 3 aromatic rings. The van der Waals surface area contributed by atoms with Crippen LogP contribution in [0, 0.1) is 0 Å². The number of halogens is 1. The molecule has 146 valence electrons. The fraction of sp³-hybridized carbons (Fsp3) is 0.333. The molecule has 0 bridgehead atoms. The Morgan fingerprint density at radius 1 is 1.07 bits per heavy atom. The van der Waals surface area contributed by atoms with E-state index in [9.17, 15) is 5.11 Å². The van der Waals surface area contributed by atoms with Crippen LogP contribution >= 0.6 is 11.6 Å². The quantitative estimate of drug-likeness (QED) is 0.655. The van der Waals surface area contributed by atoms with Crippen LogP contribution in [0.2, 0.25) is 5.02 Å². The zero-order valence-electron chi connectivity index (χ0n) is 15.4. The summed E-state index contributed by atoms with van der Waals surface area (Å²) in [5.41, 5.74) is 1.54. The number of rotatable bonds is 7. The van der Waals surface area contributed by atoms with Crippen molar-refractivity contribution >= 4 is 11.6 Å². The first-order valence-corrected chi connectivity index (χ1v) is 9.62. The van der Waals surface area contributed by atoms with Crippen molar-refractivity contribution in [2.45, 2.75) is 25.0 Å². The van der Waals surface area contributed by atoms with Gasteiger partial charge >= 0.3 is 0 Å². The molecule has 0 amide bonds. The number of nitrogens with zero attached hydrogens (tertiary/aromatic N) is 3. The molecule has 2 heterocycles. The van der Waals surface area contributed by atoms with Gasteiger partial charge in [0.15, 0.2) is 0 Å². The molecule has 4 rings (SSSR count). The molecule has 0 unspecified atom stereocenters. The maximum atomic E-state index is 10.2. The lowest BCUT2D eigenvalue weighted by molar-refractivity contribution is 0.00184. The second-order valence-corrected chi connectivity index (χ2v) is 7.48. The van der Waals surface area contributed by atoms with Gasteiger partial charge in [-0.3, -0.25) is 4.90 Å². The van der Waals surface area contributed by atoms with E-state index in [4.69, 9.17) is 20.9 Å². The summed E-state index contributed by atoms with van der Waals surface area (Å²) in [6.45, 7) is 2.21. The number of aliphatic hydroxyl groups is 1. The summed E-state index contributed by atoms with van der Waals surface area (Å²) in [6.07, 6.45) is 0.758. The van der Waals surface area contributed by atoms with Gasteiger partial charge in [0.2, 0.25) is 11.7 Å². The van der Waals surface area contributed by atoms with Crippen LogP contribution in [0.3, 0.4) is 0 Å². The van der Waals surface area contributed by atoms with Gasteiger partial charge in [-0.2, -0.15) is 4.98 Å². The van der Waals surface area contributed by atoms with Crippen molar-refractivity contribution in [3.8, 4) is 11.4 Å². The zero-order chi connectivity index (χ0) is 19.4. The molecule has 2 aromatic carbocycles. The van der Waals surface area contributed by atoms with Crippen LogP contribution in [0.15, 0.2) is 59.1 Å². The van der Waals surface area contributed by atoms with Gasteiger partial charge < -0.3 is 14.4 Å². The normalized spacial score (nSPS) is 19.4. The number of ether oxygens (including phenoxy) is 1. The van der Waals surface area contributed by atoms with Crippen LogP contribution in [-0.4, -0.2) is 45.5 Å². The molecule has 28 heavy (non-hydrogen) atoms. The Morgan fingerprint density at radius 3 is 2.54 bits per heavy atom. The van der Waals surface area contributed by atoms with Crippen LogP contribution < -0.4 is 0 Å². The van der Waals surface area contributed by atoms with E-state index in [1.807, 2.05) is 30.3 Å². The number of aliphatic hydroxyl groups excluding tert-OH is 1. The van der Waals surface area contributed by atoms with Crippen LogP contribution in [0.25, 0.3) is 11.4 Å². The standard InChI is InChI=1S/C21H22ClN3O3/c22-18-8-6-17(7-9-18)20-23-19(28-24-20)13-25(12-16-4-2-1-3-5-16)21(14-26)10-11-27-15-21/h1-9,26H,10-15H2/t21-/m0/s1. The average molecular weight is 400 g/mol. The first-order valence-electron chi connectivity index (χ1n) is 9.25. The summed E-state index contributed by atoms with van der Waals surface area (Å²) in [4.78, 5) is 6.72. The largest absolute Gasteiger partial charge is 0.394 e. The molecular weight excluding hydrogens is 378 g/mol. The van der Waals surface area contributed by atoms with E-state index in [0.717, 1.165) is 17.5 Å². The van der Waals surface area contributed by atoms with Crippen molar-refractivity contribution in [2.75, 3.05) is 19.8 Å². The number of benzene rings is 2. The molecule has 1 fully saturated rings. The Labute approximate surface area is 168 Å². The Hall–Kier alpha value is -2.25. The minimum Gasteiger partial charge on any atom is -0.394 e. The van der Waals surface area contributed by atoms with Crippen LogP contribution in [-0.2, 0) is 17.8 Å². The van der Waals surface area contributed by atoms with Crippen molar-refractivity contribution in [3.05, 3.63) is 71.1 Å². The van der Waals surface area contributed by atoms with Gasteiger partial charge in [0, 0.05) is 23.7 Å². The van der Waals surface area contributed by atoms with Gasteiger partial charge in [0.1, 0.15) is 0 Å². The minimum absolute atomic E-state index is 0.0119. The number of aromatic nitrogens is 2. The lowest BCUT2D eigenvalue weighted by Gasteiger charge is -2.38. The zero-order valence-corrected chi connectivity index (χ0v) is 16.2. The molecule has 7 heteroatoms. The van der Waals surface area contributed by atoms with E-state index >= 15 is 0 Å². The second kappa shape index (κ2) is 8.41. The Bertz CT molecular complexity index is 893. The third-order valence-electron chi connectivity index (χ3n) is 5.16. The van der Waals surface area contributed by atoms with E-state index in [-0.39, 0.29) is 6.61 Å². The molecule has 0 spiro atoms. The highest BCUT2D eigenvalue weighted by Gasteiger charge is 2.41. The lowest BCUT2D eigenvalue weighted by Crippen LogP contribution is -2.51. The second-order valence-electron chi connectivity index (χ2n) is 7.05. The van der Waals surface area contributed by atoms with E-state index in [1.54, 1.807) is 12.1 Å². The first-order chi connectivity index (χ1) is 13.7. The summed E-state index contributed by atoms with van der Waals surface area (Å²) >= 11 is 5.95.